The van der Waals surface area contributed by atoms with Gasteiger partial charge in [-0.1, -0.05) is 36.4 Å². The van der Waals surface area contributed by atoms with Crippen molar-refractivity contribution in [2.24, 2.45) is 0 Å². The summed E-state index contributed by atoms with van der Waals surface area (Å²) in [6.45, 7) is 1.23. The number of H-pyrrole nitrogens is 2. The molecular formula is C22H26I2N6O2. The maximum absolute atomic E-state index is 12.7. The molecule has 1 aromatic heterocycles. The van der Waals surface area contributed by atoms with Gasteiger partial charge in [0.05, 0.1) is 13.7 Å². The molecular weight excluding hydrogens is 634 g/mol. The normalized spacial score (nSPS) is 17.5. The number of amides is 3. The molecule has 170 valence electrons. The number of carbonyl (C=O) groups excluding carboxylic acids is 2. The second kappa shape index (κ2) is 11.1. The summed E-state index contributed by atoms with van der Waals surface area (Å²) in [4.78, 5) is 36.4. The summed E-state index contributed by atoms with van der Waals surface area (Å²) >= 11 is 0. The average Bonchev–Trinajstić information content (AvgIpc) is 3.43. The number of aromatic amines is 2. The van der Waals surface area contributed by atoms with E-state index < -0.39 is 0 Å². The third-order valence-corrected chi connectivity index (χ3v) is 5.40. The highest BCUT2D eigenvalue weighted by molar-refractivity contribution is 5.96. The van der Waals surface area contributed by atoms with Crippen LogP contribution < -0.4 is 57.8 Å². The summed E-state index contributed by atoms with van der Waals surface area (Å²) in [5, 5.41) is 2.39. The second-order valence-corrected chi connectivity index (χ2v) is 7.52. The van der Waals surface area contributed by atoms with Crippen LogP contribution in [-0.2, 0) is 11.3 Å². The summed E-state index contributed by atoms with van der Waals surface area (Å²) in [6.07, 6.45) is 5.39. The quantitative estimate of drug-likeness (QED) is 0.270. The Hall–Kier alpha value is -2.19. The number of rotatable bonds is 2. The number of nitrogens with one attached hydrogen (secondary N) is 3. The van der Waals surface area contributed by atoms with E-state index in [1.165, 1.54) is 10.8 Å². The number of halogens is 2. The third-order valence-electron chi connectivity index (χ3n) is 5.40. The van der Waals surface area contributed by atoms with Gasteiger partial charge in [0.1, 0.15) is 12.4 Å². The lowest BCUT2D eigenvalue weighted by Crippen LogP contribution is -3.16. The van der Waals surface area contributed by atoms with Gasteiger partial charge >= 0.3 is 11.9 Å². The first-order valence-corrected chi connectivity index (χ1v) is 9.80. The number of benzene rings is 2. The zero-order valence-corrected chi connectivity index (χ0v) is 22.4. The van der Waals surface area contributed by atoms with Gasteiger partial charge in [-0.15, -0.1) is 0 Å². The van der Waals surface area contributed by atoms with Crippen LogP contribution in [0.3, 0.4) is 0 Å². The number of imide groups is 1. The average molecular weight is 660 g/mol. The van der Waals surface area contributed by atoms with E-state index in [4.69, 9.17) is 0 Å². The van der Waals surface area contributed by atoms with E-state index in [2.05, 4.69) is 40.3 Å². The summed E-state index contributed by atoms with van der Waals surface area (Å²) in [5.74, 6) is 0.532. The van der Waals surface area contributed by atoms with E-state index in [1.807, 2.05) is 41.4 Å². The van der Waals surface area contributed by atoms with Crippen LogP contribution in [0.15, 0.2) is 72.7 Å². The lowest BCUT2D eigenvalue weighted by atomic mass is 10.1. The molecule has 2 aromatic carbocycles. The first-order chi connectivity index (χ1) is 14.5. The number of quaternary nitrogens is 1. The molecule has 8 nitrogen and oxygen atoms in total. The van der Waals surface area contributed by atoms with Crippen molar-refractivity contribution in [2.75, 3.05) is 27.8 Å². The Kier molecular flexibility index (Phi) is 9.04. The number of urea groups is 1. The number of likely N-dealkylation sites (N-methyl/N-ethyl adjacent to an activating group) is 1. The van der Waals surface area contributed by atoms with Gasteiger partial charge in [-0.25, -0.2) is 14.5 Å². The van der Waals surface area contributed by atoms with Crippen LogP contribution >= 0.6 is 0 Å². The maximum Gasteiger partial charge on any atom is 0.430 e. The molecule has 32 heavy (non-hydrogen) atoms. The Labute approximate surface area is 221 Å². The molecule has 1 atom stereocenters. The molecule has 0 saturated carbocycles. The molecule has 1 unspecified atom stereocenters. The highest BCUT2D eigenvalue weighted by Gasteiger charge is 2.47. The first kappa shape index (κ1) is 26.1. The van der Waals surface area contributed by atoms with Crippen molar-refractivity contribution >= 4 is 22.7 Å². The number of fused-ring (bicyclic) bond motifs is 1. The molecule has 0 spiro atoms. The molecule has 0 bridgehead atoms. The number of aromatic nitrogens is 2. The fourth-order valence-corrected chi connectivity index (χ4v) is 3.93. The molecule has 2 aliphatic heterocycles. The lowest BCUT2D eigenvalue weighted by Gasteiger charge is -2.28. The smallest absolute Gasteiger partial charge is 0.430 e. The molecule has 0 fully saturated rings. The van der Waals surface area contributed by atoms with Gasteiger partial charge < -0.3 is 57.8 Å². The van der Waals surface area contributed by atoms with Crippen LogP contribution in [0.2, 0.25) is 0 Å². The van der Waals surface area contributed by atoms with Crippen LogP contribution in [0.1, 0.15) is 5.56 Å². The van der Waals surface area contributed by atoms with Crippen molar-refractivity contribution in [3.63, 3.8) is 0 Å². The van der Waals surface area contributed by atoms with E-state index in [-0.39, 0.29) is 64.8 Å². The topological polar surface area (TPSA) is 78.2 Å². The van der Waals surface area contributed by atoms with Crippen molar-refractivity contribution in [1.29, 1.82) is 0 Å². The summed E-state index contributed by atoms with van der Waals surface area (Å²) < 4.78 is 0. The molecule has 3 amide bonds. The van der Waals surface area contributed by atoms with Crippen molar-refractivity contribution in [3.8, 4) is 0 Å². The Morgan fingerprint density at radius 3 is 2.41 bits per heavy atom. The van der Waals surface area contributed by atoms with Gasteiger partial charge in [0, 0.05) is 20.6 Å². The number of carbonyl (C=O) groups is 2. The standard InChI is InChI=1S/C19H20N4O2.C3H4N2.2HI/c1-20-12-23(16-17(20)21(2)19(25)22(3)18(16)24)11-13-8-9-14-6-4-5-7-15(14)10-13;1-2-5-3-4-1;;/h4-10H,11-12H2,1-3H3;1-3H,(H,4,5);2*1H. The Bertz CT molecular complexity index is 1100. The van der Waals surface area contributed by atoms with E-state index in [9.17, 15) is 9.59 Å². The second-order valence-electron chi connectivity index (χ2n) is 7.52. The van der Waals surface area contributed by atoms with Gasteiger partial charge in [-0.3, -0.25) is 9.97 Å². The van der Waals surface area contributed by atoms with Gasteiger partial charge in [0.25, 0.3) is 0 Å². The molecule has 10 heteroatoms. The van der Waals surface area contributed by atoms with E-state index >= 15 is 0 Å². The fourth-order valence-electron chi connectivity index (χ4n) is 3.93. The maximum atomic E-state index is 12.7. The molecule has 3 aromatic rings. The minimum Gasteiger partial charge on any atom is -1.00 e. The molecule has 2 aliphatic rings. The molecule has 5 rings (SSSR count). The molecule has 0 aliphatic carbocycles. The zero-order valence-electron chi connectivity index (χ0n) is 18.1. The summed E-state index contributed by atoms with van der Waals surface area (Å²) in [6, 6.07) is 14.4. The van der Waals surface area contributed by atoms with Gasteiger partial charge in [0.15, 0.2) is 11.5 Å². The lowest BCUT2D eigenvalue weighted by molar-refractivity contribution is -0.711. The Morgan fingerprint density at radius 2 is 1.78 bits per heavy atom. The van der Waals surface area contributed by atoms with E-state index in [0.717, 1.165) is 5.56 Å². The largest absolute Gasteiger partial charge is 1.00 e. The molecule has 3 N–H and O–H groups in total. The van der Waals surface area contributed by atoms with Crippen LogP contribution in [-0.4, -0.2) is 59.4 Å². The molecule has 3 heterocycles. The number of hydrogen-bond acceptors (Lipinski definition) is 4. The number of imidazole rings is 1. The minimum atomic E-state index is -0.219. The van der Waals surface area contributed by atoms with Crippen LogP contribution in [0.5, 0.6) is 0 Å². The highest BCUT2D eigenvalue weighted by Crippen LogP contribution is 2.28. The Balaban J connectivity index is 0.000000460. The van der Waals surface area contributed by atoms with Gasteiger partial charge in [-0.2, -0.15) is 4.90 Å². The molecule has 0 saturated heterocycles. The summed E-state index contributed by atoms with van der Waals surface area (Å²) in [7, 11) is 5.24. The first-order valence-electron chi connectivity index (χ1n) is 9.80. The number of nitrogens with zero attached hydrogens (tertiary/aromatic N) is 3. The predicted octanol–water partition coefficient (Wildman–Crippen LogP) is -5.34. The van der Waals surface area contributed by atoms with E-state index in [1.54, 1.807) is 25.3 Å². The Morgan fingerprint density at radius 1 is 1.06 bits per heavy atom. The minimum absolute atomic E-state index is 0. The van der Waals surface area contributed by atoms with Crippen molar-refractivity contribution in [2.45, 2.75) is 6.54 Å². The monoisotopic (exact) mass is 660 g/mol. The number of hydrogen-bond donors (Lipinski definition) is 2. The van der Waals surface area contributed by atoms with Crippen LogP contribution in [0.25, 0.3) is 10.8 Å². The van der Waals surface area contributed by atoms with Crippen LogP contribution in [0, 0.1) is 0 Å². The zero-order chi connectivity index (χ0) is 21.3. The predicted molar refractivity (Wildman–Crippen MR) is 112 cm³/mol. The van der Waals surface area contributed by atoms with Crippen molar-refractivity contribution < 1.29 is 67.4 Å². The molecule has 0 radical (unpaired) electrons. The summed E-state index contributed by atoms with van der Waals surface area (Å²) in [5.41, 5.74) is 1.76. The highest BCUT2D eigenvalue weighted by atomic mass is 127. The van der Waals surface area contributed by atoms with Crippen molar-refractivity contribution in [1.82, 2.24) is 19.7 Å². The van der Waals surface area contributed by atoms with Gasteiger partial charge in [-0.05, 0) is 22.4 Å². The van der Waals surface area contributed by atoms with E-state index in [0.29, 0.717) is 24.7 Å². The fraction of sp³-hybridized carbons (Fsp3) is 0.227. The van der Waals surface area contributed by atoms with Crippen LogP contribution in [0.4, 0.5) is 4.79 Å². The third kappa shape index (κ3) is 5.07. The SMILES string of the molecule is CN1CN(Cc2ccc3ccccc3c2)C2=C1N(C)C(=O)[NH+](C)C2=O.[I-].[I-].c1c[nH+]c[nH]1. The van der Waals surface area contributed by atoms with Crippen molar-refractivity contribution in [3.05, 3.63) is 78.3 Å². The van der Waals surface area contributed by atoms with Gasteiger partial charge in [0.2, 0.25) is 6.33 Å².